The van der Waals surface area contributed by atoms with Crippen LogP contribution in [0.15, 0.2) is 54.6 Å². The van der Waals surface area contributed by atoms with Crippen molar-refractivity contribution in [3.63, 3.8) is 0 Å². The zero-order valence-corrected chi connectivity index (χ0v) is 13.1. The molecule has 0 aromatic heterocycles. The Bertz CT molecular complexity index is 706. The number of hydrogen-bond donors (Lipinski definition) is 2. The van der Waals surface area contributed by atoms with Crippen molar-refractivity contribution in [1.82, 2.24) is 5.32 Å². The van der Waals surface area contributed by atoms with Crippen LogP contribution in [0.25, 0.3) is 0 Å². The zero-order chi connectivity index (χ0) is 16.9. The molecule has 0 atom stereocenters. The third kappa shape index (κ3) is 3.93. The number of carboxylic acid groups (broad SMARTS) is 1. The van der Waals surface area contributed by atoms with Crippen molar-refractivity contribution in [2.24, 2.45) is 5.92 Å². The van der Waals surface area contributed by atoms with E-state index < -0.39 is 5.97 Å². The predicted molar refractivity (Wildman–Crippen MR) is 88.8 cm³/mol. The van der Waals surface area contributed by atoms with Gasteiger partial charge in [-0.3, -0.25) is 9.59 Å². The van der Waals surface area contributed by atoms with E-state index in [1.54, 1.807) is 12.1 Å². The van der Waals surface area contributed by atoms with Crippen LogP contribution in [0.3, 0.4) is 0 Å². The first-order chi connectivity index (χ1) is 11.6. The molecule has 1 saturated carbocycles. The minimum absolute atomic E-state index is 0.0420. The fourth-order valence-corrected chi connectivity index (χ4v) is 2.64. The highest BCUT2D eigenvalue weighted by Crippen LogP contribution is 2.27. The number of nitrogens with one attached hydrogen (secondary N) is 1. The monoisotopic (exact) mass is 325 g/mol. The van der Waals surface area contributed by atoms with Crippen LogP contribution < -0.4 is 10.1 Å². The maximum atomic E-state index is 12.1. The van der Waals surface area contributed by atoms with Gasteiger partial charge in [-0.15, -0.1) is 0 Å². The van der Waals surface area contributed by atoms with Crippen LogP contribution in [0.2, 0.25) is 0 Å². The normalized spacial score (nSPS) is 19.2. The maximum absolute atomic E-state index is 12.1. The summed E-state index contributed by atoms with van der Waals surface area (Å²) in [5.74, 6) is -0.479. The summed E-state index contributed by atoms with van der Waals surface area (Å²) in [6, 6.07) is 16.7. The second-order valence-electron chi connectivity index (χ2n) is 5.98. The third-order valence-corrected chi connectivity index (χ3v) is 4.19. The summed E-state index contributed by atoms with van der Waals surface area (Å²) < 4.78 is 5.66. The van der Waals surface area contributed by atoms with E-state index in [2.05, 4.69) is 5.32 Å². The molecule has 1 aliphatic rings. The molecule has 0 spiro atoms. The van der Waals surface area contributed by atoms with Gasteiger partial charge in [-0.05, 0) is 42.7 Å². The standard InChI is InChI=1S/C19H19NO4/c21-18(20-16-10-15(11-16)19(22)23)14-8-6-13(7-9-14)12-24-17-4-2-1-3-5-17/h1-9,15-16H,10-12H2,(H,20,21)(H,22,23). The number of amides is 1. The number of hydrogen-bond acceptors (Lipinski definition) is 3. The van der Waals surface area contributed by atoms with Gasteiger partial charge >= 0.3 is 5.97 Å². The first-order valence-corrected chi connectivity index (χ1v) is 7.92. The highest BCUT2D eigenvalue weighted by Gasteiger charge is 2.35. The summed E-state index contributed by atoms with van der Waals surface area (Å²) in [4.78, 5) is 22.9. The largest absolute Gasteiger partial charge is 0.489 e. The van der Waals surface area contributed by atoms with E-state index in [0.29, 0.717) is 25.0 Å². The molecule has 2 aromatic carbocycles. The molecule has 5 nitrogen and oxygen atoms in total. The van der Waals surface area contributed by atoms with Gasteiger partial charge in [-0.25, -0.2) is 0 Å². The molecular formula is C19H19NO4. The summed E-state index contributed by atoms with van der Waals surface area (Å²) in [6.45, 7) is 0.439. The van der Waals surface area contributed by atoms with E-state index >= 15 is 0 Å². The van der Waals surface area contributed by atoms with Gasteiger partial charge in [0.1, 0.15) is 12.4 Å². The van der Waals surface area contributed by atoms with Crippen molar-refractivity contribution in [3.05, 3.63) is 65.7 Å². The van der Waals surface area contributed by atoms with Crippen LogP contribution in [-0.2, 0) is 11.4 Å². The van der Waals surface area contributed by atoms with E-state index in [0.717, 1.165) is 11.3 Å². The third-order valence-electron chi connectivity index (χ3n) is 4.19. The number of aliphatic carboxylic acids is 1. The van der Waals surface area contributed by atoms with Gasteiger partial charge in [0.05, 0.1) is 5.92 Å². The fourth-order valence-electron chi connectivity index (χ4n) is 2.64. The van der Waals surface area contributed by atoms with E-state index in [1.165, 1.54) is 0 Å². The van der Waals surface area contributed by atoms with Gasteiger partial charge < -0.3 is 15.2 Å². The lowest BCUT2D eigenvalue weighted by Gasteiger charge is -2.32. The van der Waals surface area contributed by atoms with Crippen molar-refractivity contribution in [2.75, 3.05) is 0 Å². The molecular weight excluding hydrogens is 306 g/mol. The average Bonchev–Trinajstić information content (AvgIpc) is 2.56. The zero-order valence-electron chi connectivity index (χ0n) is 13.1. The van der Waals surface area contributed by atoms with Crippen LogP contribution in [0, 0.1) is 5.92 Å². The summed E-state index contributed by atoms with van der Waals surface area (Å²) in [5.41, 5.74) is 1.54. The number of rotatable bonds is 6. The van der Waals surface area contributed by atoms with Crippen LogP contribution in [0.4, 0.5) is 0 Å². The molecule has 5 heteroatoms. The van der Waals surface area contributed by atoms with Gasteiger partial charge in [0, 0.05) is 11.6 Å². The molecule has 0 saturated heterocycles. The topological polar surface area (TPSA) is 75.6 Å². The molecule has 1 amide bonds. The molecule has 124 valence electrons. The second kappa shape index (κ2) is 7.17. The lowest BCUT2D eigenvalue weighted by Crippen LogP contribution is -2.46. The fraction of sp³-hybridized carbons (Fsp3) is 0.263. The van der Waals surface area contributed by atoms with Gasteiger partial charge in [0.2, 0.25) is 0 Å². The van der Waals surface area contributed by atoms with Crippen LogP contribution in [0.1, 0.15) is 28.8 Å². The Morgan fingerprint density at radius 1 is 1.04 bits per heavy atom. The molecule has 2 aromatic rings. The molecule has 2 N–H and O–H groups in total. The molecule has 0 heterocycles. The minimum Gasteiger partial charge on any atom is -0.489 e. The Kier molecular flexibility index (Phi) is 4.79. The van der Waals surface area contributed by atoms with Crippen molar-refractivity contribution in [2.45, 2.75) is 25.5 Å². The highest BCUT2D eigenvalue weighted by molar-refractivity contribution is 5.94. The summed E-state index contributed by atoms with van der Waals surface area (Å²) in [6.07, 6.45) is 1.01. The molecule has 0 bridgehead atoms. The summed E-state index contributed by atoms with van der Waals surface area (Å²) in [7, 11) is 0. The lowest BCUT2D eigenvalue weighted by atomic mass is 9.80. The Labute approximate surface area is 140 Å². The van der Waals surface area contributed by atoms with Crippen molar-refractivity contribution < 1.29 is 19.4 Å². The van der Waals surface area contributed by atoms with E-state index in [-0.39, 0.29) is 17.9 Å². The molecule has 0 aliphatic heterocycles. The van der Waals surface area contributed by atoms with E-state index in [4.69, 9.17) is 9.84 Å². The predicted octanol–water partition coefficient (Wildman–Crippen LogP) is 2.86. The second-order valence-corrected chi connectivity index (χ2v) is 5.98. The number of carbonyl (C=O) groups is 2. The van der Waals surface area contributed by atoms with Crippen molar-refractivity contribution in [3.8, 4) is 5.75 Å². The first-order valence-electron chi connectivity index (χ1n) is 7.92. The molecule has 3 rings (SSSR count). The summed E-state index contributed by atoms with van der Waals surface area (Å²) >= 11 is 0. The Balaban J connectivity index is 1.49. The highest BCUT2D eigenvalue weighted by atomic mass is 16.5. The van der Waals surface area contributed by atoms with Crippen molar-refractivity contribution in [1.29, 1.82) is 0 Å². The van der Waals surface area contributed by atoms with Crippen LogP contribution in [0.5, 0.6) is 5.75 Å². The number of carbonyl (C=O) groups excluding carboxylic acids is 1. The lowest BCUT2D eigenvalue weighted by molar-refractivity contribution is -0.145. The molecule has 1 fully saturated rings. The Morgan fingerprint density at radius 2 is 1.71 bits per heavy atom. The number of para-hydroxylation sites is 1. The Morgan fingerprint density at radius 3 is 2.33 bits per heavy atom. The van der Waals surface area contributed by atoms with E-state index in [9.17, 15) is 9.59 Å². The van der Waals surface area contributed by atoms with Gasteiger partial charge in [0.25, 0.3) is 5.91 Å². The van der Waals surface area contributed by atoms with Crippen molar-refractivity contribution >= 4 is 11.9 Å². The quantitative estimate of drug-likeness (QED) is 0.856. The smallest absolute Gasteiger partial charge is 0.306 e. The number of benzene rings is 2. The van der Waals surface area contributed by atoms with Gasteiger partial charge in [-0.2, -0.15) is 0 Å². The number of ether oxygens (including phenoxy) is 1. The summed E-state index contributed by atoms with van der Waals surface area (Å²) in [5, 5.41) is 11.7. The molecule has 0 radical (unpaired) electrons. The first kappa shape index (κ1) is 16.1. The van der Waals surface area contributed by atoms with Gasteiger partial charge in [0.15, 0.2) is 0 Å². The van der Waals surface area contributed by atoms with Gasteiger partial charge in [-0.1, -0.05) is 30.3 Å². The maximum Gasteiger partial charge on any atom is 0.306 e. The average molecular weight is 325 g/mol. The minimum atomic E-state index is -0.789. The van der Waals surface area contributed by atoms with Crippen LogP contribution >= 0.6 is 0 Å². The molecule has 24 heavy (non-hydrogen) atoms. The molecule has 1 aliphatic carbocycles. The SMILES string of the molecule is O=C(NC1CC(C(=O)O)C1)c1ccc(COc2ccccc2)cc1. The van der Waals surface area contributed by atoms with E-state index in [1.807, 2.05) is 42.5 Å². The van der Waals surface area contributed by atoms with Crippen LogP contribution in [-0.4, -0.2) is 23.0 Å². The number of carboxylic acids is 1. The Hall–Kier alpha value is -2.82. The molecule has 0 unspecified atom stereocenters.